The van der Waals surface area contributed by atoms with Crippen LogP contribution >= 0.6 is 22.6 Å². The van der Waals surface area contributed by atoms with Gasteiger partial charge in [-0.2, -0.15) is 0 Å². The van der Waals surface area contributed by atoms with Gasteiger partial charge >= 0.3 is 0 Å². The molecule has 0 saturated heterocycles. The molecule has 118 valence electrons. The third-order valence-electron chi connectivity index (χ3n) is 6.26. The smallest absolute Gasteiger partial charge is 0.0852 e. The van der Waals surface area contributed by atoms with E-state index in [1.807, 2.05) is 0 Å². The first-order valence-electron chi connectivity index (χ1n) is 8.78. The second-order valence-corrected chi connectivity index (χ2v) is 8.33. The molecule has 0 aromatic heterocycles. The van der Waals surface area contributed by atoms with E-state index in [2.05, 4.69) is 43.4 Å². The predicted octanol–water partition coefficient (Wildman–Crippen LogP) is 5.99. The molecule has 3 atom stereocenters. The van der Waals surface area contributed by atoms with Gasteiger partial charge in [0.1, 0.15) is 0 Å². The van der Waals surface area contributed by atoms with E-state index in [1.165, 1.54) is 62.2 Å². The highest BCUT2D eigenvalue weighted by Gasteiger charge is 2.63. The molecule has 0 N–H and O–H groups in total. The summed E-state index contributed by atoms with van der Waals surface area (Å²) in [6, 6.07) is 0. The maximum absolute atomic E-state index is 6.59. The van der Waals surface area contributed by atoms with E-state index in [0.717, 1.165) is 18.4 Å². The largest absolute Gasteiger partial charge is 0.373 e. The van der Waals surface area contributed by atoms with Crippen molar-refractivity contribution in [2.45, 2.75) is 84.2 Å². The summed E-state index contributed by atoms with van der Waals surface area (Å²) < 4.78 is 7.76. The summed E-state index contributed by atoms with van der Waals surface area (Å²) in [6.45, 7) is 8.21. The Labute approximate surface area is 139 Å². The van der Waals surface area contributed by atoms with Crippen molar-refractivity contribution in [2.75, 3.05) is 11.0 Å². The van der Waals surface area contributed by atoms with Crippen molar-refractivity contribution in [3.8, 4) is 0 Å². The molecule has 0 aliphatic heterocycles. The highest BCUT2D eigenvalue weighted by atomic mass is 127. The van der Waals surface area contributed by atoms with Crippen LogP contribution in [0.4, 0.5) is 0 Å². The van der Waals surface area contributed by atoms with Gasteiger partial charge in [0.05, 0.1) is 5.60 Å². The van der Waals surface area contributed by atoms with Gasteiger partial charge in [0, 0.05) is 11.0 Å². The van der Waals surface area contributed by atoms with Crippen molar-refractivity contribution in [2.24, 2.45) is 17.3 Å². The molecule has 2 aliphatic carbocycles. The molecule has 0 radical (unpaired) electrons. The van der Waals surface area contributed by atoms with E-state index in [9.17, 15) is 0 Å². The van der Waals surface area contributed by atoms with Gasteiger partial charge in [-0.1, -0.05) is 75.5 Å². The number of halogens is 1. The molecule has 0 amide bonds. The zero-order valence-electron chi connectivity index (χ0n) is 13.7. The number of alkyl halides is 1. The lowest BCUT2D eigenvalue weighted by molar-refractivity contribution is -0.136. The van der Waals surface area contributed by atoms with Gasteiger partial charge in [0.2, 0.25) is 0 Å². The maximum atomic E-state index is 6.59. The second kappa shape index (κ2) is 7.30. The average molecular weight is 392 g/mol. The van der Waals surface area contributed by atoms with E-state index >= 15 is 0 Å². The van der Waals surface area contributed by atoms with Crippen LogP contribution < -0.4 is 0 Å². The first kappa shape index (κ1) is 17.1. The third kappa shape index (κ3) is 3.06. The van der Waals surface area contributed by atoms with Gasteiger partial charge in [-0.3, -0.25) is 0 Å². The molecular weight excluding hydrogens is 359 g/mol. The number of fused-ring (bicyclic) bond motifs is 2. The molecule has 3 unspecified atom stereocenters. The molecule has 2 fully saturated rings. The van der Waals surface area contributed by atoms with Crippen LogP contribution in [-0.2, 0) is 4.74 Å². The van der Waals surface area contributed by atoms with Crippen molar-refractivity contribution in [3.05, 3.63) is 0 Å². The van der Waals surface area contributed by atoms with Gasteiger partial charge < -0.3 is 4.74 Å². The molecule has 20 heavy (non-hydrogen) atoms. The standard InChI is InChI=1S/C18H33IO/c1-4-5-6-7-8-9-12-20-18(14-19)16-11-10-15(13-16)17(18,2)3/h15-16H,4-14H2,1-3H3. The van der Waals surface area contributed by atoms with Crippen LogP contribution in [-0.4, -0.2) is 16.6 Å². The highest BCUT2D eigenvalue weighted by molar-refractivity contribution is 14.1. The molecule has 2 rings (SSSR count). The molecule has 2 aliphatic rings. The molecule has 0 heterocycles. The monoisotopic (exact) mass is 392 g/mol. The second-order valence-electron chi connectivity index (χ2n) is 7.57. The molecule has 1 nitrogen and oxygen atoms in total. The summed E-state index contributed by atoms with van der Waals surface area (Å²) in [5, 5.41) is 0. The fraction of sp³-hybridized carbons (Fsp3) is 1.00. The molecule has 0 spiro atoms. The summed E-state index contributed by atoms with van der Waals surface area (Å²) >= 11 is 2.58. The Kier molecular flexibility index (Phi) is 6.23. The van der Waals surface area contributed by atoms with Gasteiger partial charge in [-0.05, 0) is 42.9 Å². The average Bonchev–Trinajstić information content (AvgIpc) is 2.98. The van der Waals surface area contributed by atoms with Gasteiger partial charge in [-0.25, -0.2) is 0 Å². The Morgan fingerprint density at radius 1 is 1.00 bits per heavy atom. The van der Waals surface area contributed by atoms with Crippen LogP contribution in [0.1, 0.15) is 78.6 Å². The third-order valence-corrected chi connectivity index (χ3v) is 7.39. The molecule has 2 saturated carbocycles. The fourth-order valence-corrected chi connectivity index (χ4v) is 6.52. The normalized spacial score (nSPS) is 34.8. The quantitative estimate of drug-likeness (QED) is 0.266. The van der Waals surface area contributed by atoms with Crippen LogP contribution in [0.15, 0.2) is 0 Å². The SMILES string of the molecule is CCCCCCCCOC1(CI)C2CCC(C2)C1(C)C. The number of ether oxygens (including phenoxy) is 1. The van der Waals surface area contributed by atoms with E-state index in [-0.39, 0.29) is 5.60 Å². The predicted molar refractivity (Wildman–Crippen MR) is 95.6 cm³/mol. The molecule has 2 heteroatoms. The topological polar surface area (TPSA) is 9.23 Å². The Balaban J connectivity index is 1.78. The Morgan fingerprint density at radius 2 is 1.65 bits per heavy atom. The minimum atomic E-state index is 0.180. The number of hydrogen-bond acceptors (Lipinski definition) is 1. The Hall–Kier alpha value is 0.690. The lowest BCUT2D eigenvalue weighted by Gasteiger charge is -2.49. The molecule has 2 bridgehead atoms. The number of rotatable bonds is 9. The first-order valence-corrected chi connectivity index (χ1v) is 10.3. The van der Waals surface area contributed by atoms with Crippen molar-refractivity contribution in [3.63, 3.8) is 0 Å². The number of hydrogen-bond donors (Lipinski definition) is 0. The lowest BCUT2D eigenvalue weighted by atomic mass is 9.66. The van der Waals surface area contributed by atoms with Crippen molar-refractivity contribution in [1.82, 2.24) is 0 Å². The number of unbranched alkanes of at least 4 members (excludes halogenated alkanes) is 5. The summed E-state index contributed by atoms with van der Waals surface area (Å²) in [5.41, 5.74) is 0.569. The minimum absolute atomic E-state index is 0.180. The Morgan fingerprint density at radius 3 is 2.25 bits per heavy atom. The lowest BCUT2D eigenvalue weighted by Crippen LogP contribution is -2.53. The van der Waals surface area contributed by atoms with Crippen molar-refractivity contribution >= 4 is 22.6 Å². The maximum Gasteiger partial charge on any atom is 0.0852 e. The zero-order chi connectivity index (χ0) is 14.6. The van der Waals surface area contributed by atoms with Gasteiger partial charge in [0.25, 0.3) is 0 Å². The van der Waals surface area contributed by atoms with E-state index in [1.54, 1.807) is 0 Å². The van der Waals surface area contributed by atoms with Crippen LogP contribution in [0, 0.1) is 17.3 Å². The zero-order valence-corrected chi connectivity index (χ0v) is 15.9. The van der Waals surface area contributed by atoms with Crippen LogP contribution in [0.5, 0.6) is 0 Å². The summed E-state index contributed by atoms with van der Waals surface area (Å²) in [7, 11) is 0. The van der Waals surface area contributed by atoms with E-state index in [4.69, 9.17) is 4.74 Å². The summed E-state index contributed by atoms with van der Waals surface area (Å²) in [5.74, 6) is 1.74. The van der Waals surface area contributed by atoms with Crippen LogP contribution in [0.25, 0.3) is 0 Å². The van der Waals surface area contributed by atoms with E-state index in [0.29, 0.717) is 5.41 Å². The minimum Gasteiger partial charge on any atom is -0.373 e. The van der Waals surface area contributed by atoms with Crippen LogP contribution in [0.3, 0.4) is 0 Å². The van der Waals surface area contributed by atoms with Gasteiger partial charge in [-0.15, -0.1) is 0 Å². The van der Waals surface area contributed by atoms with Crippen molar-refractivity contribution in [1.29, 1.82) is 0 Å². The molecule has 0 aromatic rings. The summed E-state index contributed by atoms with van der Waals surface area (Å²) in [4.78, 5) is 0. The van der Waals surface area contributed by atoms with Gasteiger partial charge in [0.15, 0.2) is 0 Å². The fourth-order valence-electron chi connectivity index (χ4n) is 4.69. The highest BCUT2D eigenvalue weighted by Crippen LogP contribution is 2.63. The molecular formula is C18H33IO. The Bertz CT molecular complexity index is 302. The first-order chi connectivity index (χ1) is 9.58. The van der Waals surface area contributed by atoms with Crippen molar-refractivity contribution < 1.29 is 4.74 Å². The molecule has 0 aromatic carbocycles. The van der Waals surface area contributed by atoms with Crippen LogP contribution in [0.2, 0.25) is 0 Å². The van der Waals surface area contributed by atoms with E-state index < -0.39 is 0 Å². The summed E-state index contributed by atoms with van der Waals surface area (Å²) in [6.07, 6.45) is 12.4.